The number of ether oxygens (including phenoxy) is 1. The summed E-state index contributed by atoms with van der Waals surface area (Å²) in [6.07, 6.45) is 6.29. The lowest BCUT2D eigenvalue weighted by molar-refractivity contribution is 0.412. The predicted molar refractivity (Wildman–Crippen MR) is 93.6 cm³/mol. The van der Waals surface area contributed by atoms with Crippen LogP contribution in [0.25, 0.3) is 0 Å². The van der Waals surface area contributed by atoms with E-state index in [1.165, 1.54) is 23.3 Å². The number of hydrogen-bond donors (Lipinski definition) is 0. The third kappa shape index (κ3) is 2.94. The van der Waals surface area contributed by atoms with Gasteiger partial charge in [-0.15, -0.1) is 11.3 Å². The molecule has 0 radical (unpaired) electrons. The minimum Gasteiger partial charge on any atom is -0.496 e. The third-order valence-electron chi connectivity index (χ3n) is 3.77. The Morgan fingerprint density at radius 3 is 2.91 bits per heavy atom. The van der Waals surface area contributed by atoms with Crippen molar-refractivity contribution in [2.45, 2.75) is 25.7 Å². The van der Waals surface area contributed by atoms with E-state index in [1.54, 1.807) is 18.4 Å². The van der Waals surface area contributed by atoms with Gasteiger partial charge in [-0.1, -0.05) is 0 Å². The molecule has 0 saturated carbocycles. The number of aryl methyl sites for hydroxylation is 1. The van der Waals surface area contributed by atoms with Crippen LogP contribution in [0.5, 0.6) is 5.75 Å². The lowest BCUT2D eigenvalue weighted by Gasteiger charge is -2.09. The fraction of sp³-hybridized carbons (Fsp3) is 0.294. The highest BCUT2D eigenvalue weighted by atomic mass is 79.9. The maximum absolute atomic E-state index is 9.43. The minimum absolute atomic E-state index is 0.767. The zero-order chi connectivity index (χ0) is 15.5. The van der Waals surface area contributed by atoms with E-state index in [1.807, 2.05) is 24.4 Å². The molecule has 3 rings (SSSR count). The molecule has 0 spiro atoms. The van der Waals surface area contributed by atoms with Crippen molar-refractivity contribution in [2.24, 2.45) is 4.99 Å². The summed E-state index contributed by atoms with van der Waals surface area (Å²) >= 11 is 5.13. The van der Waals surface area contributed by atoms with Gasteiger partial charge in [-0.2, -0.15) is 5.26 Å². The van der Waals surface area contributed by atoms with E-state index in [-0.39, 0.29) is 0 Å². The first kappa shape index (κ1) is 15.3. The van der Waals surface area contributed by atoms with Crippen molar-refractivity contribution in [3.05, 3.63) is 44.2 Å². The van der Waals surface area contributed by atoms with E-state index in [0.29, 0.717) is 0 Å². The normalized spacial score (nSPS) is 13.9. The molecule has 1 aromatic heterocycles. The average molecular weight is 375 g/mol. The second-order valence-electron chi connectivity index (χ2n) is 5.16. The number of rotatable bonds is 3. The van der Waals surface area contributed by atoms with Crippen LogP contribution in [0.4, 0.5) is 5.00 Å². The second kappa shape index (κ2) is 6.64. The van der Waals surface area contributed by atoms with Crippen molar-refractivity contribution >= 4 is 38.5 Å². The number of nitriles is 1. The fourth-order valence-electron chi connectivity index (χ4n) is 2.65. The van der Waals surface area contributed by atoms with Crippen LogP contribution < -0.4 is 4.74 Å². The van der Waals surface area contributed by atoms with Crippen LogP contribution in [0.3, 0.4) is 0 Å². The van der Waals surface area contributed by atoms with E-state index < -0.39 is 0 Å². The molecular formula is C17H15BrN2OS. The number of hydrogen-bond acceptors (Lipinski definition) is 4. The molecule has 112 valence electrons. The molecule has 3 nitrogen and oxygen atoms in total. The molecule has 0 saturated heterocycles. The van der Waals surface area contributed by atoms with Gasteiger partial charge in [-0.3, -0.25) is 0 Å². The smallest absolute Gasteiger partial charge is 0.134 e. The molecule has 1 heterocycles. The molecule has 0 bridgehead atoms. The molecule has 1 aromatic carbocycles. The van der Waals surface area contributed by atoms with Crippen molar-refractivity contribution in [1.29, 1.82) is 5.26 Å². The van der Waals surface area contributed by atoms with Crippen LogP contribution in [0, 0.1) is 11.3 Å². The predicted octanol–water partition coefficient (Wildman–Crippen LogP) is 5.02. The third-order valence-corrected chi connectivity index (χ3v) is 5.59. The van der Waals surface area contributed by atoms with Gasteiger partial charge < -0.3 is 4.74 Å². The summed E-state index contributed by atoms with van der Waals surface area (Å²) in [4.78, 5) is 5.90. The summed E-state index contributed by atoms with van der Waals surface area (Å²) in [6, 6.07) is 8.15. The molecule has 22 heavy (non-hydrogen) atoms. The highest BCUT2D eigenvalue weighted by Gasteiger charge is 2.20. The second-order valence-corrected chi connectivity index (χ2v) is 7.09. The zero-order valence-electron chi connectivity index (χ0n) is 12.2. The van der Waals surface area contributed by atoms with Crippen LogP contribution >= 0.6 is 27.3 Å². The van der Waals surface area contributed by atoms with Gasteiger partial charge in [-0.25, -0.2) is 4.99 Å². The molecule has 1 aliphatic carbocycles. The topological polar surface area (TPSA) is 45.4 Å². The number of fused-ring (bicyclic) bond motifs is 1. The lowest BCUT2D eigenvalue weighted by Crippen LogP contribution is -1.99. The molecule has 0 aliphatic heterocycles. The number of methoxy groups -OCH3 is 1. The maximum atomic E-state index is 9.43. The first-order chi connectivity index (χ1) is 10.7. The van der Waals surface area contributed by atoms with Crippen LogP contribution in [-0.4, -0.2) is 13.3 Å². The zero-order valence-corrected chi connectivity index (χ0v) is 14.6. The SMILES string of the molecule is COc1ccc(/C=N/c2sc3c(c2C#N)CCCC3)cc1Br. The monoisotopic (exact) mass is 374 g/mol. The molecule has 0 atom stereocenters. The molecule has 0 N–H and O–H groups in total. The Kier molecular flexibility index (Phi) is 4.60. The summed E-state index contributed by atoms with van der Waals surface area (Å²) < 4.78 is 6.12. The Morgan fingerprint density at radius 1 is 1.36 bits per heavy atom. The molecule has 0 fully saturated rings. The van der Waals surface area contributed by atoms with Gasteiger partial charge in [0.1, 0.15) is 16.8 Å². The van der Waals surface area contributed by atoms with Crippen LogP contribution in [0.2, 0.25) is 0 Å². The Morgan fingerprint density at radius 2 is 2.18 bits per heavy atom. The quantitative estimate of drug-likeness (QED) is 0.707. The highest BCUT2D eigenvalue weighted by Crippen LogP contribution is 2.39. The van der Waals surface area contributed by atoms with E-state index in [2.05, 4.69) is 27.0 Å². The maximum Gasteiger partial charge on any atom is 0.134 e. The number of thiophene rings is 1. The van der Waals surface area contributed by atoms with Gasteiger partial charge in [0.05, 0.1) is 17.1 Å². The molecular weight excluding hydrogens is 360 g/mol. The van der Waals surface area contributed by atoms with Gasteiger partial charge in [0.2, 0.25) is 0 Å². The van der Waals surface area contributed by atoms with Crippen molar-refractivity contribution < 1.29 is 4.74 Å². The molecule has 0 amide bonds. The van der Waals surface area contributed by atoms with E-state index in [4.69, 9.17) is 4.74 Å². The Hall–Kier alpha value is -1.64. The van der Waals surface area contributed by atoms with Gasteiger partial charge in [-0.05, 0) is 70.9 Å². The molecule has 2 aromatic rings. The summed E-state index contributed by atoms with van der Waals surface area (Å²) in [7, 11) is 1.64. The summed E-state index contributed by atoms with van der Waals surface area (Å²) in [6.45, 7) is 0. The largest absolute Gasteiger partial charge is 0.496 e. The highest BCUT2D eigenvalue weighted by molar-refractivity contribution is 9.10. The summed E-state index contributed by atoms with van der Waals surface area (Å²) in [5, 5.41) is 10.3. The van der Waals surface area contributed by atoms with Crippen molar-refractivity contribution in [3.8, 4) is 11.8 Å². The van der Waals surface area contributed by atoms with Gasteiger partial charge in [0.15, 0.2) is 0 Å². The van der Waals surface area contributed by atoms with Gasteiger partial charge >= 0.3 is 0 Å². The minimum atomic E-state index is 0.767. The van der Waals surface area contributed by atoms with Crippen molar-refractivity contribution in [2.75, 3.05) is 7.11 Å². The van der Waals surface area contributed by atoms with Crippen molar-refractivity contribution in [3.63, 3.8) is 0 Å². The number of benzene rings is 1. The average Bonchev–Trinajstić information content (AvgIpc) is 2.90. The van der Waals surface area contributed by atoms with Crippen LogP contribution in [-0.2, 0) is 12.8 Å². The summed E-state index contributed by atoms with van der Waals surface area (Å²) in [5.41, 5.74) is 2.97. The Bertz CT molecular complexity index is 774. The van der Waals surface area contributed by atoms with E-state index in [0.717, 1.165) is 39.2 Å². The first-order valence-corrected chi connectivity index (χ1v) is 8.76. The number of halogens is 1. The van der Waals surface area contributed by atoms with Gasteiger partial charge in [0.25, 0.3) is 0 Å². The van der Waals surface area contributed by atoms with Gasteiger partial charge in [0, 0.05) is 11.1 Å². The first-order valence-electron chi connectivity index (χ1n) is 7.15. The standard InChI is InChI=1S/C17H15BrN2OS/c1-21-15-7-6-11(8-14(15)18)10-20-17-13(9-19)12-4-2-3-5-16(12)22-17/h6-8,10H,2-5H2,1H3/b20-10+. The number of aliphatic imine (C=N–C) groups is 1. The van der Waals surface area contributed by atoms with Crippen molar-refractivity contribution in [1.82, 2.24) is 0 Å². The number of nitrogens with zero attached hydrogens (tertiary/aromatic N) is 2. The van der Waals surface area contributed by atoms with Crippen LogP contribution in [0.15, 0.2) is 27.7 Å². The molecule has 0 unspecified atom stereocenters. The Labute approximate surface area is 142 Å². The molecule has 1 aliphatic rings. The van der Waals surface area contributed by atoms with E-state index in [9.17, 15) is 5.26 Å². The van der Waals surface area contributed by atoms with E-state index >= 15 is 0 Å². The molecule has 5 heteroatoms. The van der Waals surface area contributed by atoms with Crippen LogP contribution in [0.1, 0.15) is 34.4 Å². The lowest BCUT2D eigenvalue weighted by atomic mass is 9.96. The summed E-state index contributed by atoms with van der Waals surface area (Å²) in [5.74, 6) is 0.793. The fourth-order valence-corrected chi connectivity index (χ4v) is 4.40. The Balaban J connectivity index is 1.91.